The molecule has 9 heteroatoms. The summed E-state index contributed by atoms with van der Waals surface area (Å²) in [5.74, 6) is -0.120. The zero-order chi connectivity index (χ0) is 14.6. The van der Waals surface area contributed by atoms with Crippen LogP contribution in [-0.4, -0.2) is 46.6 Å². The van der Waals surface area contributed by atoms with Crippen LogP contribution in [0.1, 0.15) is 18.9 Å². The van der Waals surface area contributed by atoms with Crippen molar-refractivity contribution in [2.24, 2.45) is 5.92 Å². The Hall–Kier alpha value is -0.250. The first kappa shape index (κ1) is 28.5. The summed E-state index contributed by atoms with van der Waals surface area (Å²) >= 11 is 0. The van der Waals surface area contributed by atoms with Gasteiger partial charge in [0.1, 0.15) is 6.61 Å². The SMILES string of the molecule is C[C@H]1CN(C(=O)OCc2ccccc2)[C@]1([C-]=O)C[C-]=O.[Na+].[Na+].[OH-].[OH-]. The quantitative estimate of drug-likeness (QED) is 0.387. The van der Waals surface area contributed by atoms with Crippen LogP contribution in [0.3, 0.4) is 0 Å². The van der Waals surface area contributed by atoms with E-state index in [0.29, 0.717) is 6.54 Å². The van der Waals surface area contributed by atoms with Crippen molar-refractivity contribution in [1.82, 2.24) is 4.90 Å². The average molecular weight is 353 g/mol. The molecule has 7 nitrogen and oxygen atoms in total. The first-order valence-corrected chi connectivity index (χ1v) is 6.36. The van der Waals surface area contributed by atoms with Crippen molar-refractivity contribution < 1.29 is 89.2 Å². The van der Waals surface area contributed by atoms with E-state index in [1.54, 1.807) is 13.2 Å². The van der Waals surface area contributed by atoms with E-state index < -0.39 is 11.6 Å². The Morgan fingerprint density at radius 1 is 1.25 bits per heavy atom. The van der Waals surface area contributed by atoms with E-state index in [1.807, 2.05) is 36.6 Å². The Morgan fingerprint density at radius 2 is 1.83 bits per heavy atom. The van der Waals surface area contributed by atoms with Gasteiger partial charge in [-0.25, -0.2) is 11.1 Å². The van der Waals surface area contributed by atoms with E-state index >= 15 is 0 Å². The van der Waals surface area contributed by atoms with Crippen molar-refractivity contribution >= 4 is 18.7 Å². The molecule has 1 aromatic carbocycles. The van der Waals surface area contributed by atoms with Crippen LogP contribution in [0.2, 0.25) is 0 Å². The van der Waals surface area contributed by atoms with E-state index in [9.17, 15) is 14.4 Å². The molecule has 1 aromatic rings. The standard InChI is InChI=1S/C15H15NO4.2Na.2H2O/c1-12-9-16(15(12,11-18)7-8-17)14(19)20-10-13-5-3-2-4-6-13;;;;/h2-6,12H,7,9-10H2,1H3;;;2*1H2/q-2;2*+1;;/p-2/t12-,15-;;;;/m0..../s1. The summed E-state index contributed by atoms with van der Waals surface area (Å²) in [6.45, 7) is 2.30. The van der Waals surface area contributed by atoms with Gasteiger partial charge in [0.05, 0.1) is 0 Å². The fourth-order valence-corrected chi connectivity index (χ4v) is 2.35. The van der Waals surface area contributed by atoms with Crippen LogP contribution < -0.4 is 59.1 Å². The van der Waals surface area contributed by atoms with Gasteiger partial charge in [-0.1, -0.05) is 42.8 Å². The van der Waals surface area contributed by atoms with E-state index in [4.69, 9.17) is 4.74 Å². The number of nitrogens with zero attached hydrogens (tertiary/aromatic N) is 1. The van der Waals surface area contributed by atoms with Gasteiger partial charge >= 0.3 is 65.2 Å². The maximum atomic E-state index is 12.0. The molecule has 1 aliphatic heterocycles. The molecule has 0 aliphatic carbocycles. The second-order valence-electron chi connectivity index (χ2n) is 4.90. The third-order valence-corrected chi connectivity index (χ3v) is 3.70. The number of hydrogen-bond acceptors (Lipinski definition) is 6. The van der Waals surface area contributed by atoms with Crippen LogP contribution in [0.15, 0.2) is 30.3 Å². The summed E-state index contributed by atoms with van der Waals surface area (Å²) in [7, 11) is 0. The largest absolute Gasteiger partial charge is 1.00 e. The van der Waals surface area contributed by atoms with E-state index in [1.165, 1.54) is 4.90 Å². The Balaban J connectivity index is -0.00000110. The predicted octanol–water partition coefficient (Wildman–Crippen LogP) is -4.72. The van der Waals surface area contributed by atoms with Crippen LogP contribution in [-0.2, 0) is 20.9 Å². The van der Waals surface area contributed by atoms with Gasteiger partial charge in [-0.15, -0.1) is 0 Å². The Morgan fingerprint density at radius 3 is 2.29 bits per heavy atom. The molecule has 1 amide bonds. The van der Waals surface area contributed by atoms with Crippen LogP contribution in [0, 0.1) is 5.92 Å². The fraction of sp³-hybridized carbons (Fsp3) is 0.400. The molecule has 0 bridgehead atoms. The molecule has 122 valence electrons. The molecular formula is C15H17NNa2O6-2. The third-order valence-electron chi connectivity index (χ3n) is 3.70. The predicted molar refractivity (Wildman–Crippen MR) is 75.1 cm³/mol. The number of carbonyl (C=O) groups is 1. The number of rotatable bonds is 5. The van der Waals surface area contributed by atoms with E-state index in [2.05, 4.69) is 0 Å². The normalized spacial score (nSPS) is 20.5. The number of amides is 1. The van der Waals surface area contributed by atoms with Gasteiger partial charge in [-0.2, -0.15) is 6.42 Å². The van der Waals surface area contributed by atoms with Gasteiger partial charge in [0, 0.05) is 6.54 Å². The van der Waals surface area contributed by atoms with Gasteiger partial charge < -0.3 is 30.2 Å². The number of hydrogen-bond donors (Lipinski definition) is 0. The summed E-state index contributed by atoms with van der Waals surface area (Å²) in [5, 5.41) is 0. The summed E-state index contributed by atoms with van der Waals surface area (Å²) in [4.78, 5) is 35.0. The van der Waals surface area contributed by atoms with Gasteiger partial charge in [-0.3, -0.25) is 6.29 Å². The van der Waals surface area contributed by atoms with E-state index in [0.717, 1.165) is 5.56 Å². The minimum absolute atomic E-state index is 0. The van der Waals surface area contributed by atoms with E-state index in [-0.39, 0.29) is 89.0 Å². The van der Waals surface area contributed by atoms with Gasteiger partial charge in [0.2, 0.25) is 0 Å². The smallest absolute Gasteiger partial charge is 0.870 e. The molecule has 2 atom stereocenters. The summed E-state index contributed by atoms with van der Waals surface area (Å²) < 4.78 is 5.16. The third kappa shape index (κ3) is 5.93. The van der Waals surface area contributed by atoms with Crippen LogP contribution in [0.25, 0.3) is 0 Å². The fourth-order valence-electron chi connectivity index (χ4n) is 2.35. The molecular weight excluding hydrogens is 336 g/mol. The molecule has 1 saturated heterocycles. The van der Waals surface area contributed by atoms with Crippen molar-refractivity contribution in [3.8, 4) is 0 Å². The molecule has 24 heavy (non-hydrogen) atoms. The molecule has 2 rings (SSSR count). The van der Waals surface area contributed by atoms with Crippen LogP contribution in [0.4, 0.5) is 4.79 Å². The first-order chi connectivity index (χ1) is 9.64. The average Bonchev–Trinajstić information content (AvgIpc) is 2.48. The van der Waals surface area contributed by atoms with Crippen LogP contribution >= 0.6 is 0 Å². The minimum Gasteiger partial charge on any atom is -0.870 e. The topological polar surface area (TPSA) is 124 Å². The molecule has 1 aliphatic rings. The second-order valence-corrected chi connectivity index (χ2v) is 4.90. The molecule has 0 radical (unpaired) electrons. The maximum Gasteiger partial charge on any atom is 1.00 e. The molecule has 0 spiro atoms. The van der Waals surface area contributed by atoms with Crippen molar-refractivity contribution in [1.29, 1.82) is 0 Å². The molecule has 0 saturated carbocycles. The summed E-state index contributed by atoms with van der Waals surface area (Å²) in [5.41, 5.74) is -0.354. The monoisotopic (exact) mass is 353 g/mol. The second kappa shape index (κ2) is 13.0. The van der Waals surface area contributed by atoms with Crippen LogP contribution in [0.5, 0.6) is 0 Å². The number of benzene rings is 1. The van der Waals surface area contributed by atoms with Crippen molar-refractivity contribution in [2.45, 2.75) is 25.5 Å². The number of ether oxygens (including phenoxy) is 1. The van der Waals surface area contributed by atoms with Crippen molar-refractivity contribution in [2.75, 3.05) is 6.54 Å². The Labute approximate surface area is 185 Å². The van der Waals surface area contributed by atoms with Gasteiger partial charge in [0.25, 0.3) is 0 Å². The zero-order valence-corrected chi connectivity index (χ0v) is 18.1. The first-order valence-electron chi connectivity index (χ1n) is 6.36. The number of carbonyl (C=O) groups excluding carboxylic acids is 3. The molecule has 2 N–H and O–H groups in total. The minimum atomic E-state index is -1.21. The number of likely N-dealkylation sites (tertiary alicyclic amines) is 1. The Bertz CT molecular complexity index is 516. The van der Waals surface area contributed by atoms with Crippen molar-refractivity contribution in [3.05, 3.63) is 35.9 Å². The maximum absolute atomic E-state index is 12.0. The molecule has 1 fully saturated rings. The molecule has 1 heterocycles. The van der Waals surface area contributed by atoms with Gasteiger partial charge in [0.15, 0.2) is 0 Å². The Kier molecular flexibility index (Phi) is 15.5. The van der Waals surface area contributed by atoms with Crippen molar-refractivity contribution in [3.63, 3.8) is 0 Å². The zero-order valence-electron chi connectivity index (χ0n) is 14.1. The molecule has 0 aromatic heterocycles. The summed E-state index contributed by atoms with van der Waals surface area (Å²) in [6, 6.07) is 9.24. The summed E-state index contributed by atoms with van der Waals surface area (Å²) in [6.07, 6.45) is 2.72. The molecule has 0 unspecified atom stereocenters. The van der Waals surface area contributed by atoms with Gasteiger partial charge in [-0.05, 0) is 11.5 Å².